The molecular formula is C22H37NO3. The van der Waals surface area contributed by atoms with Crippen LogP contribution in [0, 0.1) is 35.0 Å². The smallest absolute Gasteiger partial charge is 0.233 e. The van der Waals surface area contributed by atoms with E-state index in [0.29, 0.717) is 18.1 Å². The number of imide groups is 1. The van der Waals surface area contributed by atoms with Crippen molar-refractivity contribution < 1.29 is 14.4 Å². The maximum Gasteiger partial charge on any atom is 0.233 e. The average Bonchev–Trinajstić information content (AvgIpc) is 2.88. The van der Waals surface area contributed by atoms with E-state index in [2.05, 4.69) is 13.8 Å². The third-order valence-corrected chi connectivity index (χ3v) is 7.24. The van der Waals surface area contributed by atoms with Crippen LogP contribution in [0.4, 0.5) is 0 Å². The Balaban J connectivity index is 2.07. The molecule has 0 aromatic carbocycles. The summed E-state index contributed by atoms with van der Waals surface area (Å²) in [4.78, 5) is 39.2. The summed E-state index contributed by atoms with van der Waals surface area (Å²) in [7, 11) is 0. The van der Waals surface area contributed by atoms with Crippen LogP contribution in [0.15, 0.2) is 0 Å². The van der Waals surface area contributed by atoms with Gasteiger partial charge in [-0.3, -0.25) is 19.3 Å². The fourth-order valence-electron chi connectivity index (χ4n) is 4.87. The Labute approximate surface area is 159 Å². The van der Waals surface area contributed by atoms with Crippen molar-refractivity contribution in [3.05, 3.63) is 0 Å². The van der Waals surface area contributed by atoms with Gasteiger partial charge < -0.3 is 0 Å². The number of amides is 2. The van der Waals surface area contributed by atoms with Crippen molar-refractivity contribution in [1.82, 2.24) is 4.90 Å². The van der Waals surface area contributed by atoms with E-state index < -0.39 is 0 Å². The highest BCUT2D eigenvalue weighted by molar-refractivity contribution is 6.04. The summed E-state index contributed by atoms with van der Waals surface area (Å²) in [5, 5.41) is 0. The fourth-order valence-corrected chi connectivity index (χ4v) is 4.87. The van der Waals surface area contributed by atoms with Crippen LogP contribution < -0.4 is 0 Å². The molecule has 0 radical (unpaired) electrons. The molecule has 2 amide bonds. The number of hydrogen-bond acceptors (Lipinski definition) is 3. The van der Waals surface area contributed by atoms with Gasteiger partial charge in [0.1, 0.15) is 5.78 Å². The van der Waals surface area contributed by atoms with Gasteiger partial charge in [0.25, 0.3) is 0 Å². The Morgan fingerprint density at radius 3 is 1.96 bits per heavy atom. The largest absolute Gasteiger partial charge is 0.299 e. The number of likely N-dealkylation sites (tertiary alicyclic amines) is 1. The molecule has 0 N–H and O–H groups in total. The average molecular weight is 364 g/mol. The second kappa shape index (κ2) is 7.82. The number of carbonyl (C=O) groups excluding carboxylic acids is 3. The third-order valence-electron chi connectivity index (χ3n) is 7.24. The lowest BCUT2D eigenvalue weighted by Gasteiger charge is -2.45. The highest BCUT2D eigenvalue weighted by Crippen LogP contribution is 2.45. The van der Waals surface area contributed by atoms with Crippen LogP contribution in [-0.2, 0) is 14.4 Å². The first-order chi connectivity index (χ1) is 12.0. The lowest BCUT2D eigenvalue weighted by molar-refractivity contribution is -0.146. The number of ketones is 1. The fraction of sp³-hybridized carbons (Fsp3) is 0.864. The molecule has 0 spiro atoms. The van der Waals surface area contributed by atoms with E-state index in [1.807, 2.05) is 34.6 Å². The van der Waals surface area contributed by atoms with Crippen LogP contribution in [0.1, 0.15) is 80.6 Å². The first-order valence-electron chi connectivity index (χ1n) is 10.4. The standard InChI is InChI=1S/C22H37NO3/c1-13(2)18-12-19(24)23(21(18)26)15(5)22(6,7)17-10-8-16(9-11-17)20(25)14(3)4/h13-18H,8-12H2,1-7H3. The first kappa shape index (κ1) is 21.1. The molecule has 2 aliphatic rings. The molecule has 1 heterocycles. The second-order valence-corrected chi connectivity index (χ2v) is 9.76. The zero-order valence-corrected chi connectivity index (χ0v) is 17.7. The van der Waals surface area contributed by atoms with Gasteiger partial charge in [-0.15, -0.1) is 0 Å². The molecule has 1 saturated heterocycles. The van der Waals surface area contributed by atoms with Crippen LogP contribution in [0.25, 0.3) is 0 Å². The van der Waals surface area contributed by atoms with Gasteiger partial charge in [0.15, 0.2) is 0 Å². The molecule has 0 aromatic rings. The monoisotopic (exact) mass is 363 g/mol. The van der Waals surface area contributed by atoms with E-state index in [-0.39, 0.29) is 46.9 Å². The summed E-state index contributed by atoms with van der Waals surface area (Å²) < 4.78 is 0. The van der Waals surface area contributed by atoms with Crippen LogP contribution in [0.5, 0.6) is 0 Å². The molecule has 26 heavy (non-hydrogen) atoms. The first-order valence-corrected chi connectivity index (χ1v) is 10.4. The summed E-state index contributed by atoms with van der Waals surface area (Å²) in [6.07, 6.45) is 4.24. The van der Waals surface area contributed by atoms with Crippen LogP contribution in [0.2, 0.25) is 0 Å². The number of carbonyl (C=O) groups is 3. The molecule has 2 atom stereocenters. The van der Waals surface area contributed by atoms with E-state index in [4.69, 9.17) is 0 Å². The predicted molar refractivity (Wildman–Crippen MR) is 103 cm³/mol. The molecule has 2 fully saturated rings. The zero-order chi connectivity index (χ0) is 19.8. The van der Waals surface area contributed by atoms with E-state index in [0.717, 1.165) is 25.7 Å². The van der Waals surface area contributed by atoms with Crippen molar-refractivity contribution >= 4 is 17.6 Å². The minimum absolute atomic E-state index is 0.00856. The summed E-state index contributed by atoms with van der Waals surface area (Å²) in [6.45, 7) is 14.4. The van der Waals surface area contributed by atoms with Crippen molar-refractivity contribution in [1.29, 1.82) is 0 Å². The van der Waals surface area contributed by atoms with Gasteiger partial charge in [0.05, 0.1) is 0 Å². The predicted octanol–water partition coefficient (Wildman–Crippen LogP) is 4.46. The third kappa shape index (κ3) is 3.89. The SMILES string of the molecule is CC(C)C(=O)C1CCC(C(C)(C)C(C)N2C(=O)CC(C(C)C)C2=O)CC1. The molecule has 0 aromatic heterocycles. The topological polar surface area (TPSA) is 54.5 Å². The van der Waals surface area contributed by atoms with Crippen molar-refractivity contribution in [2.45, 2.75) is 86.6 Å². The molecular weight excluding hydrogens is 326 g/mol. The molecule has 1 aliphatic carbocycles. The Bertz CT molecular complexity index is 556. The highest BCUT2D eigenvalue weighted by Gasteiger charge is 2.48. The maximum atomic E-state index is 12.8. The van der Waals surface area contributed by atoms with Gasteiger partial charge in [-0.05, 0) is 49.9 Å². The van der Waals surface area contributed by atoms with Crippen molar-refractivity contribution in [3.8, 4) is 0 Å². The van der Waals surface area contributed by atoms with E-state index in [9.17, 15) is 14.4 Å². The highest BCUT2D eigenvalue weighted by atomic mass is 16.2. The molecule has 2 unspecified atom stereocenters. The minimum Gasteiger partial charge on any atom is -0.299 e. The van der Waals surface area contributed by atoms with Gasteiger partial charge in [0, 0.05) is 30.2 Å². The van der Waals surface area contributed by atoms with Crippen LogP contribution >= 0.6 is 0 Å². The Kier molecular flexibility index (Phi) is 6.35. The number of Topliss-reactive ketones (excluding diaryl/α,β-unsaturated/α-hetero) is 1. The Morgan fingerprint density at radius 1 is 1.00 bits per heavy atom. The quantitative estimate of drug-likeness (QED) is 0.655. The van der Waals surface area contributed by atoms with Gasteiger partial charge in [0.2, 0.25) is 11.8 Å². The van der Waals surface area contributed by atoms with Crippen LogP contribution in [0.3, 0.4) is 0 Å². The number of rotatable bonds is 6. The van der Waals surface area contributed by atoms with E-state index in [1.54, 1.807) is 4.90 Å². The number of hydrogen-bond donors (Lipinski definition) is 0. The van der Waals surface area contributed by atoms with Crippen molar-refractivity contribution in [2.24, 2.45) is 35.0 Å². The Morgan fingerprint density at radius 2 is 1.54 bits per heavy atom. The normalized spacial score (nSPS) is 29.0. The summed E-state index contributed by atoms with van der Waals surface area (Å²) >= 11 is 0. The summed E-state index contributed by atoms with van der Waals surface area (Å²) in [5.41, 5.74) is -0.136. The van der Waals surface area contributed by atoms with Gasteiger partial charge >= 0.3 is 0 Å². The molecule has 1 aliphatic heterocycles. The minimum atomic E-state index is -0.167. The second-order valence-electron chi connectivity index (χ2n) is 9.76. The lowest BCUT2D eigenvalue weighted by Crippen LogP contribution is -2.50. The van der Waals surface area contributed by atoms with Gasteiger partial charge in [-0.1, -0.05) is 41.5 Å². The lowest BCUT2D eigenvalue weighted by atomic mass is 9.64. The molecule has 4 nitrogen and oxygen atoms in total. The summed E-state index contributed by atoms with van der Waals surface area (Å²) in [5.74, 6) is 1.15. The zero-order valence-electron chi connectivity index (χ0n) is 17.7. The van der Waals surface area contributed by atoms with E-state index in [1.165, 1.54) is 0 Å². The molecule has 4 heteroatoms. The van der Waals surface area contributed by atoms with Gasteiger partial charge in [-0.2, -0.15) is 0 Å². The molecule has 148 valence electrons. The maximum absolute atomic E-state index is 12.8. The van der Waals surface area contributed by atoms with Crippen LogP contribution in [-0.4, -0.2) is 28.5 Å². The molecule has 1 saturated carbocycles. The molecule has 0 bridgehead atoms. The van der Waals surface area contributed by atoms with Crippen molar-refractivity contribution in [3.63, 3.8) is 0 Å². The van der Waals surface area contributed by atoms with Gasteiger partial charge in [-0.25, -0.2) is 0 Å². The summed E-state index contributed by atoms with van der Waals surface area (Å²) in [6, 6.07) is -0.103. The Hall–Kier alpha value is -1.19. The molecule has 2 rings (SSSR count). The van der Waals surface area contributed by atoms with Crippen molar-refractivity contribution in [2.75, 3.05) is 0 Å². The van der Waals surface area contributed by atoms with E-state index >= 15 is 0 Å². The number of nitrogens with zero attached hydrogens (tertiary/aromatic N) is 1.